The van der Waals surface area contributed by atoms with Gasteiger partial charge in [-0.1, -0.05) is 30.1 Å². The van der Waals surface area contributed by atoms with Crippen LogP contribution >= 0.6 is 23.2 Å². The monoisotopic (exact) mass is 287 g/mol. The van der Waals surface area contributed by atoms with Crippen molar-refractivity contribution >= 4 is 29.0 Å². The second-order valence-corrected chi connectivity index (χ2v) is 5.70. The first-order chi connectivity index (χ1) is 8.31. The average molecular weight is 288 g/mol. The Morgan fingerprint density at radius 2 is 1.94 bits per heavy atom. The Labute approximate surface area is 119 Å². The van der Waals surface area contributed by atoms with E-state index in [0.29, 0.717) is 16.5 Å². The first-order valence-electron chi connectivity index (χ1n) is 5.96. The van der Waals surface area contributed by atoms with Crippen LogP contribution in [-0.2, 0) is 11.2 Å². The van der Waals surface area contributed by atoms with Crippen molar-refractivity contribution in [1.82, 2.24) is 4.90 Å². The fraction of sp³-hybridized carbons (Fsp3) is 0.500. The molecule has 18 heavy (non-hydrogen) atoms. The standard InChI is InChI=1S/C14H19Cl2NO/c1-5-14(2,17(3)4)13(18)9-10-8-11(15)6-7-12(10)16/h6-8H,5,9H2,1-4H3. The van der Waals surface area contributed by atoms with Crippen molar-refractivity contribution in [1.29, 1.82) is 0 Å². The van der Waals surface area contributed by atoms with Gasteiger partial charge in [-0.05, 0) is 51.2 Å². The number of carbonyl (C=O) groups is 1. The minimum absolute atomic E-state index is 0.152. The van der Waals surface area contributed by atoms with Crippen molar-refractivity contribution < 1.29 is 4.79 Å². The normalized spacial score (nSPS) is 14.6. The Balaban J connectivity index is 2.97. The van der Waals surface area contributed by atoms with E-state index in [1.807, 2.05) is 32.8 Å². The molecule has 0 saturated carbocycles. The van der Waals surface area contributed by atoms with Gasteiger partial charge in [-0.2, -0.15) is 0 Å². The Morgan fingerprint density at radius 1 is 1.33 bits per heavy atom. The highest BCUT2D eigenvalue weighted by Gasteiger charge is 2.33. The molecule has 0 bridgehead atoms. The van der Waals surface area contributed by atoms with E-state index in [-0.39, 0.29) is 5.78 Å². The third kappa shape index (κ3) is 3.25. The van der Waals surface area contributed by atoms with Gasteiger partial charge in [0.25, 0.3) is 0 Å². The summed E-state index contributed by atoms with van der Waals surface area (Å²) >= 11 is 12.0. The molecule has 0 aliphatic rings. The van der Waals surface area contributed by atoms with Gasteiger partial charge >= 0.3 is 0 Å². The van der Waals surface area contributed by atoms with Crippen LogP contribution in [0.5, 0.6) is 0 Å². The molecular weight excluding hydrogens is 269 g/mol. The molecule has 1 atom stereocenters. The molecule has 0 N–H and O–H groups in total. The van der Waals surface area contributed by atoms with Crippen LogP contribution in [0.2, 0.25) is 10.0 Å². The van der Waals surface area contributed by atoms with Gasteiger partial charge < -0.3 is 0 Å². The molecule has 0 heterocycles. The summed E-state index contributed by atoms with van der Waals surface area (Å²) in [5.74, 6) is 0.152. The first kappa shape index (κ1) is 15.5. The smallest absolute Gasteiger partial charge is 0.157 e. The highest BCUT2D eigenvalue weighted by atomic mass is 35.5. The minimum atomic E-state index is -0.467. The lowest BCUT2D eigenvalue weighted by Crippen LogP contribution is -2.48. The summed E-state index contributed by atoms with van der Waals surface area (Å²) in [4.78, 5) is 14.4. The summed E-state index contributed by atoms with van der Waals surface area (Å²) in [6, 6.07) is 5.21. The van der Waals surface area contributed by atoms with Gasteiger partial charge in [-0.15, -0.1) is 0 Å². The van der Waals surface area contributed by atoms with Crippen molar-refractivity contribution in [2.24, 2.45) is 0 Å². The molecule has 0 radical (unpaired) electrons. The lowest BCUT2D eigenvalue weighted by molar-refractivity contribution is -0.128. The number of ketones is 1. The molecule has 0 saturated heterocycles. The highest BCUT2D eigenvalue weighted by molar-refractivity contribution is 6.33. The molecule has 0 aliphatic carbocycles. The van der Waals surface area contributed by atoms with E-state index in [1.54, 1.807) is 18.2 Å². The molecule has 0 amide bonds. The largest absolute Gasteiger partial charge is 0.297 e. The quantitative estimate of drug-likeness (QED) is 0.820. The van der Waals surface area contributed by atoms with E-state index >= 15 is 0 Å². The fourth-order valence-corrected chi connectivity index (χ4v) is 2.18. The van der Waals surface area contributed by atoms with Crippen molar-refractivity contribution in [2.45, 2.75) is 32.2 Å². The summed E-state index contributed by atoms with van der Waals surface area (Å²) in [5.41, 5.74) is 0.321. The maximum absolute atomic E-state index is 12.4. The summed E-state index contributed by atoms with van der Waals surface area (Å²) in [6.07, 6.45) is 1.07. The minimum Gasteiger partial charge on any atom is -0.297 e. The predicted molar refractivity (Wildman–Crippen MR) is 77.6 cm³/mol. The molecule has 0 fully saturated rings. The number of rotatable bonds is 5. The number of nitrogens with zero attached hydrogens (tertiary/aromatic N) is 1. The molecule has 1 aromatic rings. The maximum atomic E-state index is 12.4. The molecular formula is C14H19Cl2NO. The van der Waals surface area contributed by atoms with Gasteiger partial charge in [-0.25, -0.2) is 0 Å². The van der Waals surface area contributed by atoms with Crippen LogP contribution in [0.25, 0.3) is 0 Å². The number of carbonyl (C=O) groups excluding carboxylic acids is 1. The van der Waals surface area contributed by atoms with Gasteiger partial charge in [0.05, 0.1) is 5.54 Å². The van der Waals surface area contributed by atoms with E-state index in [9.17, 15) is 4.79 Å². The fourth-order valence-electron chi connectivity index (χ4n) is 1.80. The van der Waals surface area contributed by atoms with E-state index in [1.165, 1.54) is 0 Å². The molecule has 100 valence electrons. The number of likely N-dealkylation sites (N-methyl/N-ethyl adjacent to an activating group) is 1. The zero-order chi connectivity index (χ0) is 13.9. The van der Waals surface area contributed by atoms with Crippen molar-refractivity contribution in [3.05, 3.63) is 33.8 Å². The number of hydrogen-bond donors (Lipinski definition) is 0. The third-order valence-electron chi connectivity index (χ3n) is 3.63. The summed E-state index contributed by atoms with van der Waals surface area (Å²) in [7, 11) is 3.84. The van der Waals surface area contributed by atoms with Crippen molar-refractivity contribution in [3.63, 3.8) is 0 Å². The van der Waals surface area contributed by atoms with Crippen LogP contribution in [0.1, 0.15) is 25.8 Å². The average Bonchev–Trinajstić information content (AvgIpc) is 2.32. The molecule has 0 aliphatic heterocycles. The van der Waals surface area contributed by atoms with Crippen LogP contribution in [0, 0.1) is 0 Å². The van der Waals surface area contributed by atoms with Gasteiger partial charge in [0.15, 0.2) is 5.78 Å². The Bertz CT molecular complexity index is 445. The van der Waals surface area contributed by atoms with E-state index < -0.39 is 5.54 Å². The first-order valence-corrected chi connectivity index (χ1v) is 6.71. The zero-order valence-corrected chi connectivity index (χ0v) is 12.8. The van der Waals surface area contributed by atoms with Gasteiger partial charge in [0.2, 0.25) is 0 Å². The van der Waals surface area contributed by atoms with E-state index in [0.717, 1.165) is 12.0 Å². The zero-order valence-electron chi connectivity index (χ0n) is 11.3. The maximum Gasteiger partial charge on any atom is 0.157 e. The van der Waals surface area contributed by atoms with E-state index in [4.69, 9.17) is 23.2 Å². The summed E-state index contributed by atoms with van der Waals surface area (Å²) < 4.78 is 0. The molecule has 4 heteroatoms. The Kier molecular flexibility index (Phi) is 5.20. The van der Waals surface area contributed by atoms with Gasteiger partial charge in [0.1, 0.15) is 0 Å². The molecule has 1 unspecified atom stereocenters. The second-order valence-electron chi connectivity index (χ2n) is 4.86. The summed E-state index contributed by atoms with van der Waals surface area (Å²) in [5, 5.41) is 1.19. The number of hydrogen-bond acceptors (Lipinski definition) is 2. The van der Waals surface area contributed by atoms with Gasteiger partial charge in [0, 0.05) is 16.5 Å². The number of Topliss-reactive ketones (excluding diaryl/α,β-unsaturated/α-hetero) is 1. The van der Waals surface area contributed by atoms with Crippen LogP contribution in [0.4, 0.5) is 0 Å². The van der Waals surface area contributed by atoms with Gasteiger partial charge in [-0.3, -0.25) is 9.69 Å². The molecule has 1 aromatic carbocycles. The Morgan fingerprint density at radius 3 is 2.44 bits per heavy atom. The van der Waals surface area contributed by atoms with E-state index in [2.05, 4.69) is 0 Å². The highest BCUT2D eigenvalue weighted by Crippen LogP contribution is 2.25. The molecule has 0 aromatic heterocycles. The predicted octanol–water partition coefficient (Wildman–Crippen LogP) is 3.84. The molecule has 2 nitrogen and oxygen atoms in total. The molecule has 0 spiro atoms. The lowest BCUT2D eigenvalue weighted by atomic mass is 9.88. The molecule has 1 rings (SSSR count). The summed E-state index contributed by atoms with van der Waals surface area (Å²) in [6.45, 7) is 3.96. The van der Waals surface area contributed by atoms with Crippen molar-refractivity contribution in [2.75, 3.05) is 14.1 Å². The SMILES string of the molecule is CCC(C)(C(=O)Cc1cc(Cl)ccc1Cl)N(C)C. The number of halogens is 2. The topological polar surface area (TPSA) is 20.3 Å². The lowest BCUT2D eigenvalue weighted by Gasteiger charge is -2.34. The van der Waals surface area contributed by atoms with Crippen LogP contribution < -0.4 is 0 Å². The third-order valence-corrected chi connectivity index (χ3v) is 4.24. The van der Waals surface area contributed by atoms with Crippen LogP contribution in [0.15, 0.2) is 18.2 Å². The second kappa shape index (κ2) is 6.05. The number of benzene rings is 1. The Hall–Kier alpha value is -0.570. The van der Waals surface area contributed by atoms with Crippen LogP contribution in [0.3, 0.4) is 0 Å². The van der Waals surface area contributed by atoms with Crippen LogP contribution in [-0.4, -0.2) is 30.3 Å². The van der Waals surface area contributed by atoms with Crippen molar-refractivity contribution in [3.8, 4) is 0 Å².